The van der Waals surface area contributed by atoms with Gasteiger partial charge < -0.3 is 4.74 Å². The van der Waals surface area contributed by atoms with E-state index in [2.05, 4.69) is 9.97 Å². The number of halogens is 1. The molecule has 4 heteroatoms. The van der Waals surface area contributed by atoms with Gasteiger partial charge in [-0.05, 0) is 6.92 Å². The van der Waals surface area contributed by atoms with Crippen LogP contribution in [0.4, 0.5) is 0 Å². The maximum absolute atomic E-state index is 5.71. The average molecular weight is 173 g/mol. The standard InChI is InChI=1S/C7H9ClN2O/c1-2-11-5-6-7(8)10-4-3-9-6/h3-4H,2,5H2,1H3. The summed E-state index contributed by atoms with van der Waals surface area (Å²) in [4.78, 5) is 7.85. The zero-order chi connectivity index (χ0) is 8.10. The van der Waals surface area contributed by atoms with Gasteiger partial charge in [0.05, 0.1) is 6.61 Å². The molecule has 1 rings (SSSR count). The molecule has 1 aromatic heterocycles. The van der Waals surface area contributed by atoms with Crippen LogP contribution in [0.15, 0.2) is 12.4 Å². The van der Waals surface area contributed by atoms with Crippen molar-refractivity contribution in [3.63, 3.8) is 0 Å². The highest BCUT2D eigenvalue weighted by Crippen LogP contribution is 2.08. The van der Waals surface area contributed by atoms with Gasteiger partial charge in [0.2, 0.25) is 0 Å². The van der Waals surface area contributed by atoms with E-state index in [9.17, 15) is 0 Å². The van der Waals surface area contributed by atoms with Gasteiger partial charge in [-0.3, -0.25) is 4.98 Å². The van der Waals surface area contributed by atoms with E-state index in [1.807, 2.05) is 6.92 Å². The first-order valence-electron chi connectivity index (χ1n) is 3.37. The molecular weight excluding hydrogens is 164 g/mol. The van der Waals surface area contributed by atoms with Crippen LogP contribution in [0.2, 0.25) is 5.15 Å². The van der Waals surface area contributed by atoms with E-state index in [1.54, 1.807) is 12.4 Å². The number of nitrogens with zero attached hydrogens (tertiary/aromatic N) is 2. The van der Waals surface area contributed by atoms with Gasteiger partial charge in [-0.2, -0.15) is 0 Å². The van der Waals surface area contributed by atoms with Crippen molar-refractivity contribution in [1.82, 2.24) is 9.97 Å². The third-order valence-corrected chi connectivity index (χ3v) is 1.48. The Morgan fingerprint density at radius 3 is 2.82 bits per heavy atom. The van der Waals surface area contributed by atoms with E-state index in [1.165, 1.54) is 0 Å². The van der Waals surface area contributed by atoms with Crippen LogP contribution in [0.1, 0.15) is 12.6 Å². The van der Waals surface area contributed by atoms with E-state index in [0.717, 1.165) is 0 Å². The first kappa shape index (κ1) is 8.43. The van der Waals surface area contributed by atoms with Gasteiger partial charge >= 0.3 is 0 Å². The van der Waals surface area contributed by atoms with Crippen molar-refractivity contribution in [3.05, 3.63) is 23.2 Å². The highest BCUT2D eigenvalue weighted by Gasteiger charge is 1.99. The summed E-state index contributed by atoms with van der Waals surface area (Å²) in [6.07, 6.45) is 3.15. The monoisotopic (exact) mass is 172 g/mol. The maximum Gasteiger partial charge on any atom is 0.152 e. The lowest BCUT2D eigenvalue weighted by Crippen LogP contribution is -1.96. The van der Waals surface area contributed by atoms with Crippen LogP contribution in [0.5, 0.6) is 0 Å². The molecule has 0 aliphatic carbocycles. The summed E-state index contributed by atoms with van der Waals surface area (Å²) < 4.78 is 5.11. The first-order valence-corrected chi connectivity index (χ1v) is 3.75. The van der Waals surface area contributed by atoms with E-state index in [0.29, 0.717) is 24.1 Å². The van der Waals surface area contributed by atoms with Crippen LogP contribution in [0.25, 0.3) is 0 Å². The predicted molar refractivity (Wildman–Crippen MR) is 42.4 cm³/mol. The lowest BCUT2D eigenvalue weighted by Gasteiger charge is -2.00. The Hall–Kier alpha value is -0.670. The summed E-state index contributed by atoms with van der Waals surface area (Å²) in [6.45, 7) is 3.01. The zero-order valence-corrected chi connectivity index (χ0v) is 7.01. The highest BCUT2D eigenvalue weighted by atomic mass is 35.5. The summed E-state index contributed by atoms with van der Waals surface area (Å²) in [7, 11) is 0. The second-order valence-corrected chi connectivity index (χ2v) is 2.29. The first-order chi connectivity index (χ1) is 5.34. The number of rotatable bonds is 3. The third-order valence-electron chi connectivity index (χ3n) is 1.17. The van der Waals surface area contributed by atoms with E-state index in [-0.39, 0.29) is 0 Å². The van der Waals surface area contributed by atoms with E-state index in [4.69, 9.17) is 16.3 Å². The summed E-state index contributed by atoms with van der Waals surface area (Å²) in [5.41, 5.74) is 0.691. The number of hydrogen-bond donors (Lipinski definition) is 0. The molecule has 0 aliphatic rings. The molecule has 0 spiro atoms. The Labute approximate surface area is 70.4 Å². The van der Waals surface area contributed by atoms with Gasteiger partial charge in [0.1, 0.15) is 5.69 Å². The molecule has 0 radical (unpaired) electrons. The van der Waals surface area contributed by atoms with Crippen molar-refractivity contribution < 1.29 is 4.74 Å². The van der Waals surface area contributed by atoms with Crippen LogP contribution < -0.4 is 0 Å². The molecule has 1 heterocycles. The largest absolute Gasteiger partial charge is 0.375 e. The Kier molecular flexibility index (Phi) is 3.26. The summed E-state index contributed by atoms with van der Waals surface area (Å²) in [6, 6.07) is 0. The minimum atomic E-state index is 0.418. The summed E-state index contributed by atoms with van der Waals surface area (Å²) in [5, 5.41) is 0.418. The molecule has 3 nitrogen and oxygen atoms in total. The minimum Gasteiger partial charge on any atom is -0.375 e. The Morgan fingerprint density at radius 1 is 1.45 bits per heavy atom. The molecule has 0 fully saturated rings. The molecular formula is C7H9ClN2O. The average Bonchev–Trinajstić information content (AvgIpc) is 2.03. The Bertz CT molecular complexity index is 229. The molecule has 1 aromatic rings. The summed E-state index contributed by atoms with van der Waals surface area (Å²) in [5.74, 6) is 0. The third kappa shape index (κ3) is 2.44. The molecule has 0 bridgehead atoms. The van der Waals surface area contributed by atoms with Crippen LogP contribution in [-0.2, 0) is 11.3 Å². The number of aromatic nitrogens is 2. The highest BCUT2D eigenvalue weighted by molar-refractivity contribution is 6.29. The van der Waals surface area contributed by atoms with Gasteiger partial charge in [-0.1, -0.05) is 11.6 Å². The van der Waals surface area contributed by atoms with Crippen molar-refractivity contribution in [2.45, 2.75) is 13.5 Å². The van der Waals surface area contributed by atoms with Gasteiger partial charge in [-0.25, -0.2) is 4.98 Å². The van der Waals surface area contributed by atoms with Gasteiger partial charge in [0.25, 0.3) is 0 Å². The van der Waals surface area contributed by atoms with Gasteiger partial charge in [0.15, 0.2) is 5.15 Å². The predicted octanol–water partition coefficient (Wildman–Crippen LogP) is 1.67. The normalized spacial score (nSPS) is 10.0. The molecule has 0 aromatic carbocycles. The van der Waals surface area contributed by atoms with Crippen molar-refractivity contribution >= 4 is 11.6 Å². The molecule has 0 saturated carbocycles. The molecule has 0 saturated heterocycles. The van der Waals surface area contributed by atoms with Gasteiger partial charge in [0, 0.05) is 19.0 Å². The Morgan fingerprint density at radius 2 is 2.18 bits per heavy atom. The van der Waals surface area contributed by atoms with Crippen LogP contribution in [0.3, 0.4) is 0 Å². The molecule has 0 amide bonds. The fourth-order valence-corrected chi connectivity index (χ4v) is 0.805. The summed E-state index contributed by atoms with van der Waals surface area (Å²) >= 11 is 5.71. The Balaban J connectivity index is 2.62. The second kappa shape index (κ2) is 4.26. The van der Waals surface area contributed by atoms with Crippen LogP contribution in [-0.4, -0.2) is 16.6 Å². The van der Waals surface area contributed by atoms with Crippen molar-refractivity contribution in [2.75, 3.05) is 6.61 Å². The lowest BCUT2D eigenvalue weighted by atomic mass is 10.5. The quantitative estimate of drug-likeness (QED) is 0.696. The van der Waals surface area contributed by atoms with E-state index >= 15 is 0 Å². The number of hydrogen-bond acceptors (Lipinski definition) is 3. The van der Waals surface area contributed by atoms with Crippen LogP contribution in [0, 0.1) is 0 Å². The zero-order valence-electron chi connectivity index (χ0n) is 6.25. The smallest absolute Gasteiger partial charge is 0.152 e. The van der Waals surface area contributed by atoms with Crippen molar-refractivity contribution in [3.8, 4) is 0 Å². The molecule has 0 N–H and O–H groups in total. The van der Waals surface area contributed by atoms with Gasteiger partial charge in [-0.15, -0.1) is 0 Å². The number of ether oxygens (including phenoxy) is 1. The SMILES string of the molecule is CCOCc1nccnc1Cl. The molecule has 0 unspecified atom stereocenters. The molecule has 60 valence electrons. The van der Waals surface area contributed by atoms with Crippen molar-refractivity contribution in [2.24, 2.45) is 0 Å². The van der Waals surface area contributed by atoms with E-state index < -0.39 is 0 Å². The van der Waals surface area contributed by atoms with Crippen LogP contribution >= 0.6 is 11.6 Å². The molecule has 11 heavy (non-hydrogen) atoms. The second-order valence-electron chi connectivity index (χ2n) is 1.93. The topological polar surface area (TPSA) is 35.0 Å². The fourth-order valence-electron chi connectivity index (χ4n) is 0.645. The molecule has 0 aliphatic heterocycles. The fraction of sp³-hybridized carbons (Fsp3) is 0.429. The molecule has 0 atom stereocenters. The maximum atomic E-state index is 5.71. The van der Waals surface area contributed by atoms with Crippen molar-refractivity contribution in [1.29, 1.82) is 0 Å². The minimum absolute atomic E-state index is 0.418. The lowest BCUT2D eigenvalue weighted by molar-refractivity contribution is 0.131.